The maximum Gasteiger partial charge on any atom is 0.416 e. The van der Waals surface area contributed by atoms with Crippen molar-refractivity contribution in [1.29, 1.82) is 0 Å². The van der Waals surface area contributed by atoms with Gasteiger partial charge in [-0.15, -0.1) is 0 Å². The third kappa shape index (κ3) is 3.15. The summed E-state index contributed by atoms with van der Waals surface area (Å²) in [6.07, 6.45) is -3.69. The molecular weight excluding hydrogens is 279 g/mol. The zero-order valence-corrected chi connectivity index (χ0v) is 12.0. The second kappa shape index (κ2) is 5.71. The summed E-state index contributed by atoms with van der Waals surface area (Å²) in [5, 5.41) is 2.95. The summed E-state index contributed by atoms with van der Waals surface area (Å²) in [6, 6.07) is 5.06. The highest BCUT2D eigenvalue weighted by atomic mass is 19.4. The van der Waals surface area contributed by atoms with Crippen LogP contribution in [0.15, 0.2) is 24.3 Å². The molecule has 0 saturated carbocycles. The van der Waals surface area contributed by atoms with E-state index in [-0.39, 0.29) is 0 Å². The van der Waals surface area contributed by atoms with Crippen LogP contribution in [0.3, 0.4) is 0 Å². The zero-order chi connectivity index (χ0) is 15.6. The molecule has 0 unspecified atom stereocenters. The van der Waals surface area contributed by atoms with Gasteiger partial charge in [-0.25, -0.2) is 9.97 Å². The average molecular weight is 295 g/mol. The summed E-state index contributed by atoms with van der Waals surface area (Å²) in [4.78, 5) is 8.68. The fraction of sp³-hybridized carbons (Fsp3) is 0.333. The molecular formula is C15H16F3N3. The quantitative estimate of drug-likeness (QED) is 0.927. The molecule has 0 saturated heterocycles. The number of benzene rings is 1. The molecule has 2 rings (SSSR count). The Morgan fingerprint density at radius 3 is 2.48 bits per heavy atom. The molecule has 0 spiro atoms. The fourth-order valence-electron chi connectivity index (χ4n) is 2.11. The predicted molar refractivity (Wildman–Crippen MR) is 76.1 cm³/mol. The number of alkyl halides is 3. The van der Waals surface area contributed by atoms with Crippen molar-refractivity contribution in [2.45, 2.75) is 26.4 Å². The van der Waals surface area contributed by atoms with E-state index in [0.29, 0.717) is 23.6 Å². The Kier molecular flexibility index (Phi) is 4.16. The minimum absolute atomic E-state index is 0.299. The molecule has 0 radical (unpaired) electrons. The molecule has 0 amide bonds. The van der Waals surface area contributed by atoms with Gasteiger partial charge in [-0.2, -0.15) is 13.2 Å². The van der Waals surface area contributed by atoms with Crippen LogP contribution in [0.5, 0.6) is 0 Å². The van der Waals surface area contributed by atoms with Gasteiger partial charge in [0, 0.05) is 23.9 Å². The van der Waals surface area contributed by atoms with Crippen molar-refractivity contribution in [3.8, 4) is 11.4 Å². The van der Waals surface area contributed by atoms with E-state index in [2.05, 4.69) is 15.3 Å². The summed E-state index contributed by atoms with van der Waals surface area (Å²) < 4.78 is 38.4. The van der Waals surface area contributed by atoms with Gasteiger partial charge in [0.15, 0.2) is 5.82 Å². The first-order valence-electron chi connectivity index (χ1n) is 6.59. The van der Waals surface area contributed by atoms with Crippen molar-refractivity contribution < 1.29 is 13.2 Å². The van der Waals surface area contributed by atoms with Crippen LogP contribution in [0, 0.1) is 6.92 Å². The number of anilines is 1. The Balaban J connectivity index is 2.57. The Bertz CT molecular complexity index is 626. The van der Waals surface area contributed by atoms with Crippen molar-refractivity contribution >= 4 is 5.82 Å². The second-order valence-corrected chi connectivity index (χ2v) is 4.65. The van der Waals surface area contributed by atoms with Crippen LogP contribution < -0.4 is 5.32 Å². The number of nitrogens with zero attached hydrogens (tertiary/aromatic N) is 2. The number of halogens is 3. The SMILES string of the molecule is CCc1nc(-c2cccc(C(F)(F)F)c2)nc(NC)c1C. The molecule has 2 aromatic rings. The molecule has 0 aliphatic heterocycles. The van der Waals surface area contributed by atoms with E-state index in [9.17, 15) is 13.2 Å². The molecule has 0 fully saturated rings. The molecule has 1 N–H and O–H groups in total. The lowest BCUT2D eigenvalue weighted by atomic mass is 10.1. The predicted octanol–water partition coefficient (Wildman–Crippen LogP) is 4.07. The van der Waals surface area contributed by atoms with Crippen LogP contribution in [0.25, 0.3) is 11.4 Å². The molecule has 112 valence electrons. The lowest BCUT2D eigenvalue weighted by molar-refractivity contribution is -0.137. The molecule has 0 aliphatic rings. The van der Waals surface area contributed by atoms with E-state index >= 15 is 0 Å². The highest BCUT2D eigenvalue weighted by Gasteiger charge is 2.30. The first-order valence-corrected chi connectivity index (χ1v) is 6.59. The summed E-state index contributed by atoms with van der Waals surface area (Å²) >= 11 is 0. The van der Waals surface area contributed by atoms with E-state index in [1.807, 2.05) is 13.8 Å². The molecule has 1 aromatic carbocycles. The van der Waals surface area contributed by atoms with Gasteiger partial charge in [-0.3, -0.25) is 0 Å². The Morgan fingerprint density at radius 1 is 1.19 bits per heavy atom. The van der Waals surface area contributed by atoms with Gasteiger partial charge in [-0.1, -0.05) is 19.1 Å². The van der Waals surface area contributed by atoms with Crippen LogP contribution in [0.1, 0.15) is 23.7 Å². The molecule has 3 nitrogen and oxygen atoms in total. The second-order valence-electron chi connectivity index (χ2n) is 4.65. The van der Waals surface area contributed by atoms with E-state index in [0.717, 1.165) is 23.4 Å². The van der Waals surface area contributed by atoms with Crippen LogP contribution in [0.4, 0.5) is 19.0 Å². The molecule has 0 aliphatic carbocycles. The largest absolute Gasteiger partial charge is 0.416 e. The highest BCUT2D eigenvalue weighted by Crippen LogP contribution is 2.32. The van der Waals surface area contributed by atoms with Gasteiger partial charge < -0.3 is 5.32 Å². The van der Waals surface area contributed by atoms with Crippen molar-refractivity contribution in [3.05, 3.63) is 41.1 Å². The highest BCUT2D eigenvalue weighted by molar-refractivity contribution is 5.60. The molecule has 1 heterocycles. The topological polar surface area (TPSA) is 37.8 Å². The van der Waals surface area contributed by atoms with Gasteiger partial charge in [0.2, 0.25) is 0 Å². The Labute approximate surface area is 121 Å². The molecule has 0 atom stereocenters. The number of aryl methyl sites for hydroxylation is 1. The Hall–Kier alpha value is -2.11. The average Bonchev–Trinajstić information content (AvgIpc) is 2.46. The van der Waals surface area contributed by atoms with Gasteiger partial charge in [-0.05, 0) is 25.5 Å². The Morgan fingerprint density at radius 2 is 1.90 bits per heavy atom. The smallest absolute Gasteiger partial charge is 0.373 e. The fourth-order valence-corrected chi connectivity index (χ4v) is 2.11. The van der Waals surface area contributed by atoms with Crippen LogP contribution in [-0.2, 0) is 12.6 Å². The number of nitrogens with one attached hydrogen (secondary N) is 1. The summed E-state index contributed by atoms with van der Waals surface area (Å²) in [6.45, 7) is 3.84. The summed E-state index contributed by atoms with van der Waals surface area (Å²) in [5.41, 5.74) is 1.39. The zero-order valence-electron chi connectivity index (χ0n) is 12.0. The number of rotatable bonds is 3. The first kappa shape index (κ1) is 15.3. The minimum Gasteiger partial charge on any atom is -0.373 e. The number of hydrogen-bond acceptors (Lipinski definition) is 3. The van der Waals surface area contributed by atoms with Gasteiger partial charge in [0.05, 0.1) is 5.56 Å². The van der Waals surface area contributed by atoms with E-state index in [1.165, 1.54) is 6.07 Å². The third-order valence-electron chi connectivity index (χ3n) is 3.27. The van der Waals surface area contributed by atoms with E-state index in [4.69, 9.17) is 0 Å². The lowest BCUT2D eigenvalue weighted by Gasteiger charge is -2.12. The molecule has 21 heavy (non-hydrogen) atoms. The maximum atomic E-state index is 12.8. The normalized spacial score (nSPS) is 11.5. The first-order chi connectivity index (χ1) is 9.86. The van der Waals surface area contributed by atoms with E-state index < -0.39 is 11.7 Å². The standard InChI is InChI=1S/C15H16F3N3/c1-4-12-9(2)13(19-3)21-14(20-12)10-6-5-7-11(8-10)15(16,17)18/h5-8H,4H2,1-3H3,(H,19,20,21). The monoisotopic (exact) mass is 295 g/mol. The maximum absolute atomic E-state index is 12.8. The number of aromatic nitrogens is 2. The third-order valence-corrected chi connectivity index (χ3v) is 3.27. The van der Waals surface area contributed by atoms with E-state index in [1.54, 1.807) is 13.1 Å². The lowest BCUT2D eigenvalue weighted by Crippen LogP contribution is -2.07. The molecule has 0 bridgehead atoms. The molecule has 1 aromatic heterocycles. The van der Waals surface area contributed by atoms with Crippen molar-refractivity contribution in [2.75, 3.05) is 12.4 Å². The van der Waals surface area contributed by atoms with Crippen molar-refractivity contribution in [2.24, 2.45) is 0 Å². The van der Waals surface area contributed by atoms with Crippen LogP contribution in [-0.4, -0.2) is 17.0 Å². The minimum atomic E-state index is -4.37. The van der Waals surface area contributed by atoms with Crippen LogP contribution in [0.2, 0.25) is 0 Å². The van der Waals surface area contributed by atoms with Gasteiger partial charge >= 0.3 is 6.18 Å². The number of hydrogen-bond donors (Lipinski definition) is 1. The summed E-state index contributed by atoms with van der Waals surface area (Å²) in [5.74, 6) is 0.933. The summed E-state index contributed by atoms with van der Waals surface area (Å²) in [7, 11) is 1.73. The van der Waals surface area contributed by atoms with Crippen molar-refractivity contribution in [1.82, 2.24) is 9.97 Å². The van der Waals surface area contributed by atoms with Crippen molar-refractivity contribution in [3.63, 3.8) is 0 Å². The van der Waals surface area contributed by atoms with Gasteiger partial charge in [0.25, 0.3) is 0 Å². The van der Waals surface area contributed by atoms with Gasteiger partial charge in [0.1, 0.15) is 5.82 Å². The van der Waals surface area contributed by atoms with Crippen LogP contribution >= 0.6 is 0 Å². The molecule has 6 heteroatoms.